The van der Waals surface area contributed by atoms with Crippen molar-refractivity contribution in [3.05, 3.63) is 0 Å². The van der Waals surface area contributed by atoms with Gasteiger partial charge in [-0.05, 0) is 0 Å². The molecule has 51 nitrogen and oxygen atoms in total. The quantitative estimate of drug-likeness (QED) is 0.153. The van der Waals surface area contributed by atoms with E-state index >= 15 is 0 Å². The third-order valence-corrected chi connectivity index (χ3v) is 0.175. The molecule has 0 aliphatic carbocycles. The molecule has 0 aliphatic rings. The Morgan fingerprint density at radius 3 is 0.174 bits per heavy atom. The number of hydrogen-bond donors (Lipinski definition) is 33. The van der Waals surface area contributed by atoms with E-state index in [1.165, 1.54) is 0 Å². The molecular weight excluding hydrogens is 1030 g/mol. The molecule has 0 aromatic carbocycles. The average Bonchev–Trinajstić information content (AvgIpc) is 2.92. The highest BCUT2D eigenvalue weighted by atomic mass is 16.7. The van der Waals surface area contributed by atoms with Crippen molar-refractivity contribution in [2.75, 3.05) is 7.11 Å². The lowest BCUT2D eigenvalue weighted by molar-refractivity contribution is 0.113. The molecule has 0 heterocycles. The number of rotatable bonds is 0. The van der Waals surface area contributed by atoms with Crippen LogP contribution in [0.25, 0.3) is 0 Å². The molecule has 51 heteroatoms. The van der Waals surface area contributed by atoms with Crippen molar-refractivity contribution < 1.29 is 255 Å². The predicted molar refractivity (Wildman–Crippen MR) is 185 cm³/mol. The smallest absolute Gasteiger partial charge is 0.450 e. The van der Waals surface area contributed by atoms with Crippen LogP contribution >= 0.6 is 0 Å². The Bertz CT molecular complexity index is 919. The minimum atomic E-state index is -1.83. The van der Waals surface area contributed by atoms with Crippen LogP contribution < -0.4 is 0 Å². The van der Waals surface area contributed by atoms with Crippen LogP contribution in [0.4, 0.5) is 81.5 Å². The fourth-order valence-corrected chi connectivity index (χ4v) is 0. The summed E-state index contributed by atoms with van der Waals surface area (Å²) in [5, 5.41) is 231. The van der Waals surface area contributed by atoms with E-state index in [4.69, 9.17) is 250 Å². The molecule has 0 bridgehead atoms. The van der Waals surface area contributed by atoms with E-state index in [2.05, 4.69) is 4.74 Å². The lowest BCUT2D eigenvalue weighted by Crippen LogP contribution is -1.91. The van der Waals surface area contributed by atoms with Crippen LogP contribution in [-0.2, 0) is 4.74 Å². The molecule has 0 aromatic rings. The number of carboxylic acid groups (broad SMARTS) is 33. The maximum absolute atomic E-state index is 9.15. The highest BCUT2D eigenvalue weighted by molar-refractivity contribution is 5.57. The monoisotopic (exact) mass is 1070 g/mol. The highest BCUT2D eigenvalue weighted by Crippen LogP contribution is 1.60. The van der Waals surface area contributed by atoms with Crippen LogP contribution in [0.1, 0.15) is 0 Å². The van der Waals surface area contributed by atoms with Crippen molar-refractivity contribution in [3.8, 4) is 0 Å². The summed E-state index contributed by atoms with van der Waals surface area (Å²) in [6.45, 7) is 0. The molecular formula is C18H36O51. The van der Waals surface area contributed by atoms with Gasteiger partial charge >= 0.3 is 105 Å². The first-order valence-electron chi connectivity index (χ1n) is 11.5. The van der Waals surface area contributed by atoms with Crippen LogP contribution in [0, 0.1) is 0 Å². The molecule has 0 atom stereocenters. The van der Waals surface area contributed by atoms with Gasteiger partial charge in [0.1, 0.15) is 0 Å². The summed E-state index contributed by atoms with van der Waals surface area (Å²) in [4.78, 5) is 146. The van der Waals surface area contributed by atoms with E-state index in [0.717, 1.165) is 7.11 Å². The van der Waals surface area contributed by atoms with Crippen molar-refractivity contribution in [3.63, 3.8) is 0 Å². The van der Waals surface area contributed by atoms with Crippen LogP contribution in [0.2, 0.25) is 0 Å². The Kier molecular flexibility index (Phi) is 171. The molecule has 0 radical (unpaired) electrons. The van der Waals surface area contributed by atoms with E-state index in [1.54, 1.807) is 0 Å². The van der Waals surface area contributed by atoms with Gasteiger partial charge in [-0.2, -0.15) is 0 Å². The Morgan fingerprint density at radius 2 is 0.174 bits per heavy atom. The Hall–Kier alpha value is -12.4. The summed E-state index contributed by atoms with van der Waals surface area (Å²) in [6, 6.07) is 0. The standard InChI is InChI=1S/C2H4O3.16CH2O3/c1-5-2(3)4;16*2-1(3)4/h1H3,(H,3,4);16*(H2,2,3,4). The zero-order valence-corrected chi connectivity index (χ0v) is 31.6. The van der Waals surface area contributed by atoms with Gasteiger partial charge < -0.3 is 173 Å². The van der Waals surface area contributed by atoms with Gasteiger partial charge in [0, 0.05) is 0 Å². The molecule has 33 N–H and O–H groups in total. The van der Waals surface area contributed by atoms with E-state index < -0.39 is 105 Å². The van der Waals surface area contributed by atoms with Crippen LogP contribution in [0.3, 0.4) is 0 Å². The molecule has 0 amide bonds. The van der Waals surface area contributed by atoms with E-state index in [-0.39, 0.29) is 0 Å². The molecule has 69 heavy (non-hydrogen) atoms. The molecule has 0 spiro atoms. The van der Waals surface area contributed by atoms with Crippen molar-refractivity contribution in [2.24, 2.45) is 0 Å². The predicted octanol–water partition coefficient (Wildman–Crippen LogP) is 3.87. The van der Waals surface area contributed by atoms with Crippen LogP contribution in [0.5, 0.6) is 0 Å². The summed E-state index contributed by atoms with van der Waals surface area (Å²) >= 11 is 0. The third-order valence-electron chi connectivity index (χ3n) is 0.175. The van der Waals surface area contributed by atoms with Gasteiger partial charge in [-0.3, -0.25) is 0 Å². The van der Waals surface area contributed by atoms with Gasteiger partial charge in [-0.25, -0.2) is 81.5 Å². The Balaban J connectivity index is -0.0000000278. The normalized spacial score (nSPS) is 6.04. The lowest BCUT2D eigenvalue weighted by Gasteiger charge is -1.79. The van der Waals surface area contributed by atoms with Gasteiger partial charge in [0.15, 0.2) is 0 Å². The van der Waals surface area contributed by atoms with Gasteiger partial charge in [0.25, 0.3) is 0 Å². The SMILES string of the molecule is COC(=O)O.O=C(O)O.O=C(O)O.O=C(O)O.O=C(O)O.O=C(O)O.O=C(O)O.O=C(O)O.O=C(O)O.O=C(O)O.O=C(O)O.O=C(O)O.O=C(O)O.O=C(O)O.O=C(O)O.O=C(O)O.O=C(O)O. The Morgan fingerprint density at radius 1 is 0.159 bits per heavy atom. The molecule has 0 rings (SSSR count). The highest BCUT2D eigenvalue weighted by Gasteiger charge is 1.81. The molecule has 0 unspecified atom stereocenters. The van der Waals surface area contributed by atoms with Gasteiger partial charge in [0.2, 0.25) is 0 Å². The first kappa shape index (κ1) is 112. The number of hydrogen-bond acceptors (Lipinski definition) is 18. The zero-order chi connectivity index (χ0) is 61.5. The molecule has 0 aromatic heterocycles. The van der Waals surface area contributed by atoms with Crippen LogP contribution in [0.15, 0.2) is 0 Å². The van der Waals surface area contributed by atoms with E-state index in [0.29, 0.717) is 0 Å². The fraction of sp³-hybridized carbons (Fsp3) is 0.0556. The van der Waals surface area contributed by atoms with Crippen molar-refractivity contribution in [1.29, 1.82) is 0 Å². The third kappa shape index (κ3) is 1470. The molecule has 0 fully saturated rings. The maximum atomic E-state index is 9.15. The van der Waals surface area contributed by atoms with E-state index in [9.17, 15) is 0 Å². The number of methoxy groups -OCH3 is 1. The maximum Gasteiger partial charge on any atom is 0.505 e. The zero-order valence-electron chi connectivity index (χ0n) is 31.6. The van der Waals surface area contributed by atoms with Crippen molar-refractivity contribution >= 4 is 105 Å². The first-order chi connectivity index (χ1) is 30.0. The molecule has 0 aliphatic heterocycles. The van der Waals surface area contributed by atoms with Gasteiger partial charge in [-0.15, -0.1) is 0 Å². The summed E-state index contributed by atoms with van der Waals surface area (Å²) < 4.78 is 3.67. The Labute approximate surface area is 367 Å². The average molecular weight is 1070 g/mol. The molecule has 0 saturated heterocycles. The summed E-state index contributed by atoms with van der Waals surface area (Å²) in [5.74, 6) is 0. The number of ether oxygens (including phenoxy) is 1. The van der Waals surface area contributed by atoms with Crippen molar-refractivity contribution in [1.82, 2.24) is 0 Å². The second-order valence-electron chi connectivity index (χ2n) is 4.99. The largest absolute Gasteiger partial charge is 0.505 e. The molecule has 414 valence electrons. The second kappa shape index (κ2) is 106. The van der Waals surface area contributed by atoms with E-state index in [1.807, 2.05) is 0 Å². The topological polar surface area (TPSA) is 967 Å². The minimum Gasteiger partial charge on any atom is -0.450 e. The molecule has 0 saturated carbocycles. The second-order valence-corrected chi connectivity index (χ2v) is 4.99. The van der Waals surface area contributed by atoms with Crippen molar-refractivity contribution in [2.45, 2.75) is 0 Å². The lowest BCUT2D eigenvalue weighted by atomic mass is 11.4. The van der Waals surface area contributed by atoms with Crippen LogP contribution in [-0.4, -0.2) is 280 Å². The number of carbonyl (C=O) groups is 17. The van der Waals surface area contributed by atoms with Gasteiger partial charge in [-0.1, -0.05) is 0 Å². The van der Waals surface area contributed by atoms with Gasteiger partial charge in [0.05, 0.1) is 7.11 Å². The summed E-state index contributed by atoms with van der Waals surface area (Å²) in [5.41, 5.74) is 0. The summed E-state index contributed by atoms with van der Waals surface area (Å²) in [6.07, 6.45) is -30.6. The fourth-order valence-electron chi connectivity index (χ4n) is 0. The summed E-state index contributed by atoms with van der Waals surface area (Å²) in [7, 11) is 1.10. The first-order valence-corrected chi connectivity index (χ1v) is 11.5. The minimum absolute atomic E-state index is 1.10.